The van der Waals surface area contributed by atoms with E-state index in [1.165, 1.54) is 0 Å². The predicted octanol–water partition coefficient (Wildman–Crippen LogP) is 0.174. The number of aliphatic hydroxyl groups is 1. The van der Waals surface area contributed by atoms with Gasteiger partial charge in [0.25, 0.3) is 0 Å². The number of hydrogen-bond donors (Lipinski definition) is 1. The van der Waals surface area contributed by atoms with Gasteiger partial charge in [-0.25, -0.2) is 0 Å². The lowest BCUT2D eigenvalue weighted by molar-refractivity contribution is -0.0590. The van der Waals surface area contributed by atoms with Gasteiger partial charge in [-0.15, -0.1) is 0 Å². The fraction of sp³-hybridized carbons (Fsp3) is 1.00. The minimum Gasteiger partial charge on any atom is -0.394 e. The number of hydrogen-bond acceptors (Lipinski definition) is 3. The molecule has 1 fully saturated rings. The summed E-state index contributed by atoms with van der Waals surface area (Å²) in [6.07, 6.45) is 2.01. The highest BCUT2D eigenvalue weighted by Crippen LogP contribution is 2.01. The molecule has 10 heavy (non-hydrogen) atoms. The van der Waals surface area contributed by atoms with Gasteiger partial charge in [-0.2, -0.15) is 0 Å². The SMILES string of the molecule is OCC1COCCCCO1. The van der Waals surface area contributed by atoms with Crippen molar-refractivity contribution in [3.63, 3.8) is 0 Å². The molecule has 0 spiro atoms. The van der Waals surface area contributed by atoms with Crippen LogP contribution >= 0.6 is 0 Å². The van der Waals surface area contributed by atoms with E-state index in [2.05, 4.69) is 0 Å². The molecule has 60 valence electrons. The minimum atomic E-state index is -0.0969. The van der Waals surface area contributed by atoms with Crippen LogP contribution in [0.1, 0.15) is 12.8 Å². The lowest BCUT2D eigenvalue weighted by Crippen LogP contribution is -2.26. The molecule has 1 heterocycles. The standard InChI is InChI=1S/C7H14O3/c8-5-7-6-9-3-1-2-4-10-7/h7-8H,1-6H2. The van der Waals surface area contributed by atoms with Gasteiger partial charge in [0.15, 0.2) is 0 Å². The van der Waals surface area contributed by atoms with Crippen LogP contribution in [0.25, 0.3) is 0 Å². The molecule has 0 radical (unpaired) electrons. The molecule has 1 N–H and O–H groups in total. The summed E-state index contributed by atoms with van der Waals surface area (Å²) in [7, 11) is 0. The number of rotatable bonds is 1. The van der Waals surface area contributed by atoms with Gasteiger partial charge in [-0.05, 0) is 12.8 Å². The van der Waals surface area contributed by atoms with Crippen molar-refractivity contribution in [1.29, 1.82) is 0 Å². The van der Waals surface area contributed by atoms with Gasteiger partial charge in [0.2, 0.25) is 0 Å². The quantitative estimate of drug-likeness (QED) is 0.573. The second-order valence-corrected chi connectivity index (χ2v) is 2.46. The third-order valence-corrected chi connectivity index (χ3v) is 1.54. The molecule has 0 saturated carbocycles. The lowest BCUT2D eigenvalue weighted by Gasteiger charge is -2.18. The van der Waals surface area contributed by atoms with Crippen LogP contribution in [0.5, 0.6) is 0 Å². The van der Waals surface area contributed by atoms with Crippen molar-refractivity contribution < 1.29 is 14.6 Å². The van der Waals surface area contributed by atoms with Crippen LogP contribution < -0.4 is 0 Å². The van der Waals surface area contributed by atoms with Gasteiger partial charge < -0.3 is 14.6 Å². The minimum absolute atomic E-state index is 0.0694. The van der Waals surface area contributed by atoms with Gasteiger partial charge >= 0.3 is 0 Å². The van der Waals surface area contributed by atoms with Crippen LogP contribution in [0.3, 0.4) is 0 Å². The van der Waals surface area contributed by atoms with Crippen LogP contribution in [-0.2, 0) is 9.47 Å². The molecule has 3 nitrogen and oxygen atoms in total. The summed E-state index contributed by atoms with van der Waals surface area (Å²) in [5.41, 5.74) is 0. The molecular formula is C7H14O3. The monoisotopic (exact) mass is 146 g/mol. The summed E-state index contributed by atoms with van der Waals surface area (Å²) in [5, 5.41) is 8.70. The Morgan fingerprint density at radius 3 is 2.90 bits per heavy atom. The van der Waals surface area contributed by atoms with Crippen LogP contribution in [0.2, 0.25) is 0 Å². The maximum atomic E-state index is 8.70. The largest absolute Gasteiger partial charge is 0.394 e. The van der Waals surface area contributed by atoms with Crippen molar-refractivity contribution in [2.24, 2.45) is 0 Å². The molecule has 3 heteroatoms. The van der Waals surface area contributed by atoms with E-state index in [0.717, 1.165) is 26.1 Å². The van der Waals surface area contributed by atoms with Crippen molar-refractivity contribution in [3.8, 4) is 0 Å². The first-order chi connectivity index (χ1) is 4.93. The smallest absolute Gasteiger partial charge is 0.104 e. The Bertz CT molecular complexity index is 76.9. The zero-order valence-corrected chi connectivity index (χ0v) is 6.08. The Balaban J connectivity index is 2.16. The summed E-state index contributed by atoms with van der Waals surface area (Å²) in [6, 6.07) is 0. The first-order valence-corrected chi connectivity index (χ1v) is 3.73. The van der Waals surface area contributed by atoms with Crippen molar-refractivity contribution in [3.05, 3.63) is 0 Å². The fourth-order valence-electron chi connectivity index (χ4n) is 0.924. The second kappa shape index (κ2) is 4.66. The maximum absolute atomic E-state index is 8.70. The Kier molecular flexibility index (Phi) is 3.72. The molecule has 1 rings (SSSR count). The zero-order chi connectivity index (χ0) is 7.23. The van der Waals surface area contributed by atoms with Gasteiger partial charge in [0.05, 0.1) is 13.2 Å². The van der Waals surface area contributed by atoms with Crippen molar-refractivity contribution in [1.82, 2.24) is 0 Å². The average Bonchev–Trinajstić information content (AvgIpc) is 1.87. The Hall–Kier alpha value is -0.120. The zero-order valence-electron chi connectivity index (χ0n) is 6.08. The van der Waals surface area contributed by atoms with Gasteiger partial charge in [0.1, 0.15) is 6.10 Å². The van der Waals surface area contributed by atoms with Crippen LogP contribution in [0.15, 0.2) is 0 Å². The first-order valence-electron chi connectivity index (χ1n) is 3.73. The van der Waals surface area contributed by atoms with Crippen LogP contribution in [0, 0.1) is 0 Å². The summed E-state index contributed by atoms with van der Waals surface area (Å²) in [6.45, 7) is 2.17. The molecule has 1 aliphatic heterocycles. The molecule has 0 aromatic rings. The molecule has 1 atom stereocenters. The normalized spacial score (nSPS) is 29.1. The third-order valence-electron chi connectivity index (χ3n) is 1.54. The van der Waals surface area contributed by atoms with Crippen molar-refractivity contribution in [2.45, 2.75) is 18.9 Å². The summed E-state index contributed by atoms with van der Waals surface area (Å²) in [4.78, 5) is 0. The predicted molar refractivity (Wildman–Crippen MR) is 36.9 cm³/mol. The van der Waals surface area contributed by atoms with Gasteiger partial charge in [-0.3, -0.25) is 0 Å². The molecule has 0 bridgehead atoms. The van der Waals surface area contributed by atoms with E-state index < -0.39 is 0 Å². The van der Waals surface area contributed by atoms with Gasteiger partial charge in [-0.1, -0.05) is 0 Å². The molecule has 0 amide bonds. The molecule has 1 saturated heterocycles. The van der Waals surface area contributed by atoms with E-state index in [0.29, 0.717) is 6.61 Å². The second-order valence-electron chi connectivity index (χ2n) is 2.46. The van der Waals surface area contributed by atoms with E-state index in [1.807, 2.05) is 0 Å². The molecule has 0 aliphatic carbocycles. The fourth-order valence-corrected chi connectivity index (χ4v) is 0.924. The average molecular weight is 146 g/mol. The highest BCUT2D eigenvalue weighted by Gasteiger charge is 2.09. The number of ether oxygens (including phenoxy) is 2. The molecule has 0 aromatic heterocycles. The van der Waals surface area contributed by atoms with E-state index in [1.54, 1.807) is 0 Å². The van der Waals surface area contributed by atoms with Crippen LogP contribution in [0.4, 0.5) is 0 Å². The summed E-state index contributed by atoms with van der Waals surface area (Å²) >= 11 is 0. The Labute approximate surface area is 60.9 Å². The van der Waals surface area contributed by atoms with Crippen molar-refractivity contribution >= 4 is 0 Å². The van der Waals surface area contributed by atoms with E-state index in [-0.39, 0.29) is 12.7 Å². The summed E-state index contributed by atoms with van der Waals surface area (Å²) < 4.78 is 10.5. The van der Waals surface area contributed by atoms with Crippen LogP contribution in [-0.4, -0.2) is 37.6 Å². The third kappa shape index (κ3) is 2.64. The lowest BCUT2D eigenvalue weighted by atomic mass is 10.3. The van der Waals surface area contributed by atoms with Gasteiger partial charge in [0, 0.05) is 13.2 Å². The summed E-state index contributed by atoms with van der Waals surface area (Å²) in [5.74, 6) is 0. The molecule has 1 unspecified atom stereocenters. The molecular weight excluding hydrogens is 132 g/mol. The van der Waals surface area contributed by atoms with E-state index in [9.17, 15) is 0 Å². The van der Waals surface area contributed by atoms with E-state index >= 15 is 0 Å². The highest BCUT2D eigenvalue weighted by molar-refractivity contribution is 4.56. The molecule has 0 aromatic carbocycles. The molecule has 1 aliphatic rings. The topological polar surface area (TPSA) is 38.7 Å². The van der Waals surface area contributed by atoms with Crippen molar-refractivity contribution in [2.75, 3.05) is 26.4 Å². The Morgan fingerprint density at radius 2 is 2.10 bits per heavy atom. The number of aliphatic hydroxyl groups excluding tert-OH is 1. The maximum Gasteiger partial charge on any atom is 0.104 e. The first kappa shape index (κ1) is 7.98. The highest BCUT2D eigenvalue weighted by atomic mass is 16.5. The Morgan fingerprint density at radius 1 is 1.30 bits per heavy atom. The van der Waals surface area contributed by atoms with E-state index in [4.69, 9.17) is 14.6 Å².